The number of methoxy groups -OCH3 is 1. The Morgan fingerprint density at radius 2 is 1.94 bits per heavy atom. The molecule has 1 aromatic carbocycles. The van der Waals surface area contributed by atoms with E-state index in [0.29, 0.717) is 6.42 Å². The number of hydrogen-bond donors (Lipinski definition) is 1. The molecule has 0 aliphatic heterocycles. The fourth-order valence-electron chi connectivity index (χ4n) is 1.64. The van der Waals surface area contributed by atoms with E-state index in [9.17, 15) is 9.59 Å². The number of aliphatic carboxylic acids is 1. The Morgan fingerprint density at radius 3 is 2.47 bits per heavy atom. The molecule has 1 unspecified atom stereocenters. The van der Waals surface area contributed by atoms with Gasteiger partial charge in [-0.15, -0.1) is 0 Å². The van der Waals surface area contributed by atoms with Crippen LogP contribution in [0.2, 0.25) is 0 Å². The molecule has 1 atom stereocenters. The number of Topliss-reactive ketones (excluding diaryl/α,β-unsaturated/α-hetero) is 1. The molecule has 4 heteroatoms. The smallest absolute Gasteiger partial charge is 0.307 e. The van der Waals surface area contributed by atoms with Crippen LogP contribution < -0.4 is 0 Å². The van der Waals surface area contributed by atoms with E-state index in [0.717, 1.165) is 5.56 Å². The molecular weight excluding hydrogens is 220 g/mol. The van der Waals surface area contributed by atoms with E-state index in [2.05, 4.69) is 0 Å². The van der Waals surface area contributed by atoms with Gasteiger partial charge in [0.25, 0.3) is 0 Å². The highest BCUT2D eigenvalue weighted by Crippen LogP contribution is 2.13. The van der Waals surface area contributed by atoms with Gasteiger partial charge in [-0.3, -0.25) is 9.59 Å². The summed E-state index contributed by atoms with van der Waals surface area (Å²) >= 11 is 0. The number of ether oxygens (including phenoxy) is 1. The molecule has 92 valence electrons. The Labute approximate surface area is 100 Å². The third-order valence-electron chi connectivity index (χ3n) is 2.45. The topological polar surface area (TPSA) is 63.6 Å². The Kier molecular flexibility index (Phi) is 5.36. The van der Waals surface area contributed by atoms with Crippen molar-refractivity contribution in [3.63, 3.8) is 0 Å². The summed E-state index contributed by atoms with van der Waals surface area (Å²) in [4.78, 5) is 22.4. The monoisotopic (exact) mass is 236 g/mol. The zero-order valence-electron chi connectivity index (χ0n) is 9.76. The summed E-state index contributed by atoms with van der Waals surface area (Å²) in [5.74, 6) is -1.81. The van der Waals surface area contributed by atoms with Crippen LogP contribution in [0, 0.1) is 5.92 Å². The van der Waals surface area contributed by atoms with Crippen molar-refractivity contribution in [2.45, 2.75) is 12.8 Å². The molecule has 1 rings (SSSR count). The SMILES string of the molecule is COCC(=O)CC(Cc1ccccc1)C(=O)O. The van der Waals surface area contributed by atoms with Crippen LogP contribution in [0.4, 0.5) is 0 Å². The van der Waals surface area contributed by atoms with Crippen LogP contribution >= 0.6 is 0 Å². The van der Waals surface area contributed by atoms with Gasteiger partial charge in [0.05, 0.1) is 5.92 Å². The van der Waals surface area contributed by atoms with Crippen molar-refractivity contribution in [2.24, 2.45) is 5.92 Å². The minimum absolute atomic E-state index is 0.0120. The van der Waals surface area contributed by atoms with E-state index >= 15 is 0 Å². The molecule has 0 bridgehead atoms. The van der Waals surface area contributed by atoms with E-state index in [1.54, 1.807) is 0 Å². The predicted octanol–water partition coefficient (Wildman–Crippen LogP) is 1.54. The van der Waals surface area contributed by atoms with Crippen LogP contribution in [0.5, 0.6) is 0 Å². The van der Waals surface area contributed by atoms with Gasteiger partial charge in [0.15, 0.2) is 5.78 Å². The zero-order valence-corrected chi connectivity index (χ0v) is 9.76. The van der Waals surface area contributed by atoms with Crippen molar-refractivity contribution in [1.29, 1.82) is 0 Å². The molecule has 4 nitrogen and oxygen atoms in total. The maximum Gasteiger partial charge on any atom is 0.307 e. The van der Waals surface area contributed by atoms with E-state index in [1.807, 2.05) is 30.3 Å². The molecule has 0 heterocycles. The summed E-state index contributed by atoms with van der Waals surface area (Å²) in [7, 11) is 1.42. The third kappa shape index (κ3) is 4.78. The Bertz CT molecular complexity index is 372. The second kappa shape index (κ2) is 6.81. The van der Waals surface area contributed by atoms with Gasteiger partial charge in [-0.05, 0) is 12.0 Å². The summed E-state index contributed by atoms with van der Waals surface area (Å²) in [5.41, 5.74) is 0.921. The van der Waals surface area contributed by atoms with Crippen molar-refractivity contribution in [2.75, 3.05) is 13.7 Å². The Hall–Kier alpha value is -1.68. The van der Waals surface area contributed by atoms with Crippen molar-refractivity contribution in [3.05, 3.63) is 35.9 Å². The first kappa shape index (κ1) is 13.4. The molecule has 0 aromatic heterocycles. The van der Waals surface area contributed by atoms with Gasteiger partial charge >= 0.3 is 5.97 Å². The Morgan fingerprint density at radius 1 is 1.29 bits per heavy atom. The minimum Gasteiger partial charge on any atom is -0.481 e. The summed E-state index contributed by atoms with van der Waals surface area (Å²) in [6, 6.07) is 9.29. The maximum atomic E-state index is 11.4. The predicted molar refractivity (Wildman–Crippen MR) is 62.8 cm³/mol. The molecule has 0 saturated carbocycles. The first-order valence-electron chi connectivity index (χ1n) is 5.41. The number of carboxylic acid groups (broad SMARTS) is 1. The van der Waals surface area contributed by atoms with Crippen LogP contribution in [-0.4, -0.2) is 30.6 Å². The van der Waals surface area contributed by atoms with Crippen molar-refractivity contribution < 1.29 is 19.4 Å². The van der Waals surface area contributed by atoms with E-state index < -0.39 is 11.9 Å². The lowest BCUT2D eigenvalue weighted by molar-refractivity contribution is -0.144. The fourth-order valence-corrected chi connectivity index (χ4v) is 1.64. The van der Waals surface area contributed by atoms with Gasteiger partial charge < -0.3 is 9.84 Å². The van der Waals surface area contributed by atoms with Gasteiger partial charge in [0.2, 0.25) is 0 Å². The van der Waals surface area contributed by atoms with Crippen molar-refractivity contribution >= 4 is 11.8 Å². The fraction of sp³-hybridized carbons (Fsp3) is 0.385. The highest BCUT2D eigenvalue weighted by molar-refractivity contribution is 5.84. The van der Waals surface area contributed by atoms with E-state index in [4.69, 9.17) is 9.84 Å². The van der Waals surface area contributed by atoms with Crippen LogP contribution in [0.1, 0.15) is 12.0 Å². The molecule has 1 N–H and O–H groups in total. The van der Waals surface area contributed by atoms with E-state index in [1.165, 1.54) is 7.11 Å². The lowest BCUT2D eigenvalue weighted by Crippen LogP contribution is -2.22. The van der Waals surface area contributed by atoms with Gasteiger partial charge in [0.1, 0.15) is 6.61 Å². The molecular formula is C13H16O4. The summed E-state index contributed by atoms with van der Waals surface area (Å²) in [5, 5.41) is 9.06. The minimum atomic E-state index is -0.946. The first-order valence-corrected chi connectivity index (χ1v) is 5.41. The number of ketones is 1. The van der Waals surface area contributed by atoms with Crippen molar-refractivity contribution in [3.8, 4) is 0 Å². The van der Waals surface area contributed by atoms with Crippen molar-refractivity contribution in [1.82, 2.24) is 0 Å². The summed E-state index contributed by atoms with van der Waals surface area (Å²) < 4.78 is 4.69. The van der Waals surface area contributed by atoms with E-state index in [-0.39, 0.29) is 18.8 Å². The molecule has 0 spiro atoms. The molecule has 0 amide bonds. The average Bonchev–Trinajstić information content (AvgIpc) is 2.29. The van der Waals surface area contributed by atoms with Gasteiger partial charge in [-0.25, -0.2) is 0 Å². The molecule has 0 aliphatic rings. The molecule has 0 fully saturated rings. The number of carboxylic acids is 1. The normalized spacial score (nSPS) is 12.1. The van der Waals surface area contributed by atoms with Gasteiger partial charge in [0, 0.05) is 13.5 Å². The molecule has 1 aromatic rings. The molecule has 0 aliphatic carbocycles. The zero-order chi connectivity index (χ0) is 12.7. The maximum absolute atomic E-state index is 11.4. The quantitative estimate of drug-likeness (QED) is 0.780. The lowest BCUT2D eigenvalue weighted by Gasteiger charge is -2.11. The molecule has 0 saturated heterocycles. The Balaban J connectivity index is 2.61. The van der Waals surface area contributed by atoms with Crippen LogP contribution in [-0.2, 0) is 20.7 Å². The second-order valence-corrected chi connectivity index (χ2v) is 3.90. The average molecular weight is 236 g/mol. The number of carbonyl (C=O) groups is 2. The summed E-state index contributed by atoms with van der Waals surface area (Å²) in [6.07, 6.45) is 0.379. The number of benzene rings is 1. The van der Waals surface area contributed by atoms with Crippen LogP contribution in [0.3, 0.4) is 0 Å². The van der Waals surface area contributed by atoms with Crippen LogP contribution in [0.25, 0.3) is 0 Å². The summed E-state index contributed by atoms with van der Waals surface area (Å²) in [6.45, 7) is -0.0292. The van der Waals surface area contributed by atoms with Gasteiger partial charge in [-0.1, -0.05) is 30.3 Å². The molecule has 0 radical (unpaired) electrons. The number of carbonyl (C=O) groups excluding carboxylic acids is 1. The number of hydrogen-bond acceptors (Lipinski definition) is 3. The molecule has 17 heavy (non-hydrogen) atoms. The first-order chi connectivity index (χ1) is 8.13. The number of rotatable bonds is 7. The van der Waals surface area contributed by atoms with Gasteiger partial charge in [-0.2, -0.15) is 0 Å². The lowest BCUT2D eigenvalue weighted by atomic mass is 9.94. The van der Waals surface area contributed by atoms with Crippen LogP contribution in [0.15, 0.2) is 30.3 Å². The standard InChI is InChI=1S/C13H16O4/c1-17-9-12(14)8-11(13(15)16)7-10-5-3-2-4-6-10/h2-6,11H,7-9H2,1H3,(H,15,16). The largest absolute Gasteiger partial charge is 0.481 e. The highest BCUT2D eigenvalue weighted by Gasteiger charge is 2.21. The second-order valence-electron chi connectivity index (χ2n) is 3.90. The third-order valence-corrected chi connectivity index (χ3v) is 2.45. The highest BCUT2D eigenvalue weighted by atomic mass is 16.5.